The summed E-state index contributed by atoms with van der Waals surface area (Å²) >= 11 is 0. The Hall–Kier alpha value is -1.78. The third kappa shape index (κ3) is 3.70. The van der Waals surface area contributed by atoms with E-state index in [0.717, 1.165) is 45.0 Å². The van der Waals surface area contributed by atoms with Crippen LogP contribution in [-0.2, 0) is 11.2 Å². The van der Waals surface area contributed by atoms with Crippen molar-refractivity contribution in [3.8, 4) is 11.4 Å². The molecule has 4 heteroatoms. The highest BCUT2D eigenvalue weighted by atomic mass is 16.5. The lowest BCUT2D eigenvalue weighted by Crippen LogP contribution is -2.37. The van der Waals surface area contributed by atoms with Gasteiger partial charge in [-0.1, -0.05) is 0 Å². The predicted octanol–water partition coefficient (Wildman–Crippen LogP) is 2.75. The largest absolute Gasteiger partial charge is 0.497 e. The van der Waals surface area contributed by atoms with E-state index in [-0.39, 0.29) is 0 Å². The molecule has 0 bridgehead atoms. The van der Waals surface area contributed by atoms with Crippen LogP contribution in [-0.4, -0.2) is 49.4 Å². The van der Waals surface area contributed by atoms with E-state index in [4.69, 9.17) is 9.47 Å². The summed E-state index contributed by atoms with van der Waals surface area (Å²) in [5.74, 6) is 0.893. The van der Waals surface area contributed by atoms with Gasteiger partial charge in [-0.3, -0.25) is 4.90 Å². The first kappa shape index (κ1) is 15.1. The van der Waals surface area contributed by atoms with Crippen molar-refractivity contribution in [2.75, 3.05) is 40.0 Å². The van der Waals surface area contributed by atoms with Gasteiger partial charge in [0.1, 0.15) is 5.75 Å². The number of benzene rings is 1. The molecule has 1 aliphatic rings. The third-order valence-electron chi connectivity index (χ3n) is 4.19. The SMILES string of the molecule is COc1ccc(-n2cccc2CCCN2CCOCC2)cc1. The van der Waals surface area contributed by atoms with Crippen LogP contribution in [0.15, 0.2) is 42.6 Å². The first-order chi connectivity index (χ1) is 10.9. The molecule has 0 saturated carbocycles. The first-order valence-corrected chi connectivity index (χ1v) is 7.97. The van der Waals surface area contributed by atoms with E-state index in [2.05, 4.69) is 39.9 Å². The lowest BCUT2D eigenvalue weighted by atomic mass is 10.2. The summed E-state index contributed by atoms with van der Waals surface area (Å²) in [6.07, 6.45) is 4.41. The van der Waals surface area contributed by atoms with Crippen molar-refractivity contribution in [3.05, 3.63) is 48.3 Å². The van der Waals surface area contributed by atoms with E-state index in [1.165, 1.54) is 17.8 Å². The Morgan fingerprint density at radius 3 is 2.59 bits per heavy atom. The third-order valence-corrected chi connectivity index (χ3v) is 4.19. The first-order valence-electron chi connectivity index (χ1n) is 7.97. The van der Waals surface area contributed by atoms with Crippen LogP contribution < -0.4 is 4.74 Å². The van der Waals surface area contributed by atoms with Crippen molar-refractivity contribution in [1.82, 2.24) is 9.47 Å². The van der Waals surface area contributed by atoms with Crippen LogP contribution in [0, 0.1) is 0 Å². The van der Waals surface area contributed by atoms with Crippen molar-refractivity contribution >= 4 is 0 Å². The summed E-state index contributed by atoms with van der Waals surface area (Å²) in [6.45, 7) is 5.04. The van der Waals surface area contributed by atoms with Crippen LogP contribution in [0.1, 0.15) is 12.1 Å². The summed E-state index contributed by atoms with van der Waals surface area (Å²) < 4.78 is 12.9. The maximum absolute atomic E-state index is 5.39. The van der Waals surface area contributed by atoms with Gasteiger partial charge in [0.2, 0.25) is 0 Å². The highest BCUT2D eigenvalue weighted by Gasteiger charge is 2.10. The fraction of sp³-hybridized carbons (Fsp3) is 0.444. The van der Waals surface area contributed by atoms with Crippen molar-refractivity contribution in [2.24, 2.45) is 0 Å². The van der Waals surface area contributed by atoms with Gasteiger partial charge in [-0.15, -0.1) is 0 Å². The zero-order chi connectivity index (χ0) is 15.2. The van der Waals surface area contributed by atoms with Gasteiger partial charge in [0, 0.05) is 30.7 Å². The number of hydrogen-bond donors (Lipinski definition) is 0. The van der Waals surface area contributed by atoms with Gasteiger partial charge in [0.25, 0.3) is 0 Å². The average Bonchev–Trinajstić information content (AvgIpc) is 3.04. The monoisotopic (exact) mass is 300 g/mol. The molecular weight excluding hydrogens is 276 g/mol. The van der Waals surface area contributed by atoms with Crippen LogP contribution >= 0.6 is 0 Å². The molecule has 0 unspecified atom stereocenters. The zero-order valence-corrected chi connectivity index (χ0v) is 13.2. The van der Waals surface area contributed by atoms with Gasteiger partial charge >= 0.3 is 0 Å². The van der Waals surface area contributed by atoms with E-state index < -0.39 is 0 Å². The molecule has 1 aliphatic heterocycles. The van der Waals surface area contributed by atoms with E-state index >= 15 is 0 Å². The molecule has 2 heterocycles. The van der Waals surface area contributed by atoms with Gasteiger partial charge in [0.05, 0.1) is 20.3 Å². The number of aryl methyl sites for hydroxylation is 1. The Morgan fingerprint density at radius 2 is 1.86 bits per heavy atom. The molecule has 1 saturated heterocycles. The van der Waals surface area contributed by atoms with E-state index in [1.54, 1.807) is 7.11 Å². The quantitative estimate of drug-likeness (QED) is 0.820. The summed E-state index contributed by atoms with van der Waals surface area (Å²) in [7, 11) is 1.70. The molecule has 1 aromatic carbocycles. The molecule has 0 aliphatic carbocycles. The van der Waals surface area contributed by atoms with Gasteiger partial charge in [0.15, 0.2) is 0 Å². The molecule has 0 spiro atoms. The number of ether oxygens (including phenoxy) is 2. The second-order valence-corrected chi connectivity index (χ2v) is 5.63. The number of morpholine rings is 1. The molecule has 0 atom stereocenters. The second kappa shape index (κ2) is 7.47. The van der Waals surface area contributed by atoms with E-state index in [9.17, 15) is 0 Å². The molecule has 0 radical (unpaired) electrons. The van der Waals surface area contributed by atoms with Crippen LogP contribution in [0.4, 0.5) is 0 Å². The Bertz CT molecular complexity index is 571. The van der Waals surface area contributed by atoms with Gasteiger partial charge < -0.3 is 14.0 Å². The van der Waals surface area contributed by atoms with Crippen molar-refractivity contribution in [1.29, 1.82) is 0 Å². The number of methoxy groups -OCH3 is 1. The van der Waals surface area contributed by atoms with Gasteiger partial charge in [-0.25, -0.2) is 0 Å². The number of aromatic nitrogens is 1. The molecule has 3 rings (SSSR count). The Kier molecular flexibility index (Phi) is 5.14. The van der Waals surface area contributed by atoms with Crippen molar-refractivity contribution in [2.45, 2.75) is 12.8 Å². The molecule has 2 aromatic rings. The van der Waals surface area contributed by atoms with Crippen LogP contribution in [0.3, 0.4) is 0 Å². The Morgan fingerprint density at radius 1 is 1.09 bits per heavy atom. The summed E-state index contributed by atoms with van der Waals surface area (Å²) in [5.41, 5.74) is 2.55. The molecule has 0 amide bonds. The number of hydrogen-bond acceptors (Lipinski definition) is 3. The summed E-state index contributed by atoms with van der Waals surface area (Å²) in [5, 5.41) is 0. The average molecular weight is 300 g/mol. The summed E-state index contributed by atoms with van der Waals surface area (Å²) in [6, 6.07) is 12.5. The van der Waals surface area contributed by atoms with Crippen molar-refractivity contribution in [3.63, 3.8) is 0 Å². The fourth-order valence-corrected chi connectivity index (χ4v) is 2.92. The minimum atomic E-state index is 0.877. The second-order valence-electron chi connectivity index (χ2n) is 5.63. The molecule has 4 nitrogen and oxygen atoms in total. The smallest absolute Gasteiger partial charge is 0.119 e. The Balaban J connectivity index is 1.59. The highest BCUT2D eigenvalue weighted by Crippen LogP contribution is 2.18. The minimum absolute atomic E-state index is 0.877. The fourth-order valence-electron chi connectivity index (χ4n) is 2.92. The number of nitrogens with zero attached hydrogens (tertiary/aromatic N) is 2. The van der Waals surface area contributed by atoms with E-state index in [1.807, 2.05) is 12.1 Å². The molecule has 22 heavy (non-hydrogen) atoms. The topological polar surface area (TPSA) is 26.6 Å². The van der Waals surface area contributed by atoms with Crippen LogP contribution in [0.5, 0.6) is 5.75 Å². The number of rotatable bonds is 6. The summed E-state index contributed by atoms with van der Waals surface area (Å²) in [4.78, 5) is 2.49. The Labute approximate surface area is 132 Å². The lowest BCUT2D eigenvalue weighted by molar-refractivity contribution is 0.0374. The normalized spacial score (nSPS) is 15.9. The maximum Gasteiger partial charge on any atom is 0.119 e. The molecule has 0 N–H and O–H groups in total. The van der Waals surface area contributed by atoms with Gasteiger partial charge in [-0.05, 0) is 55.8 Å². The highest BCUT2D eigenvalue weighted by molar-refractivity contribution is 5.39. The predicted molar refractivity (Wildman–Crippen MR) is 87.9 cm³/mol. The van der Waals surface area contributed by atoms with E-state index in [0.29, 0.717) is 0 Å². The van der Waals surface area contributed by atoms with Crippen molar-refractivity contribution < 1.29 is 9.47 Å². The molecule has 118 valence electrons. The molecule has 1 aromatic heterocycles. The van der Waals surface area contributed by atoms with Gasteiger partial charge in [-0.2, -0.15) is 0 Å². The minimum Gasteiger partial charge on any atom is -0.497 e. The lowest BCUT2D eigenvalue weighted by Gasteiger charge is -2.26. The zero-order valence-electron chi connectivity index (χ0n) is 13.2. The molecule has 1 fully saturated rings. The standard InChI is InChI=1S/C18H24N2O2/c1-21-18-8-6-17(7-9-18)20-11-3-5-16(20)4-2-10-19-12-14-22-15-13-19/h3,5-9,11H,2,4,10,12-15H2,1H3. The molecular formula is C18H24N2O2. The maximum atomic E-state index is 5.39. The van der Waals surface area contributed by atoms with Crippen LogP contribution in [0.2, 0.25) is 0 Å². The van der Waals surface area contributed by atoms with Crippen LogP contribution in [0.25, 0.3) is 5.69 Å².